The average Bonchev–Trinajstić information content (AvgIpc) is 1.84. The first-order valence-electron chi connectivity index (χ1n) is 3.18. The molecular formula is C6H16N2. The van der Waals surface area contributed by atoms with E-state index in [1.54, 1.807) is 0 Å². The van der Waals surface area contributed by atoms with Gasteiger partial charge in [-0.15, -0.1) is 0 Å². The van der Waals surface area contributed by atoms with Gasteiger partial charge in [0.1, 0.15) is 0 Å². The Balaban J connectivity index is 3.29. The molecule has 8 heavy (non-hydrogen) atoms. The number of nitrogens with two attached hydrogens (primary N) is 2. The number of hydrogen-bond acceptors (Lipinski definition) is 2. The Morgan fingerprint density at radius 2 is 2.00 bits per heavy atom. The molecule has 0 spiro atoms. The third kappa shape index (κ3) is 2.28. The van der Waals surface area contributed by atoms with Gasteiger partial charge in [-0.1, -0.05) is 20.3 Å². The molecule has 0 fully saturated rings. The summed E-state index contributed by atoms with van der Waals surface area (Å²) in [5.74, 6) is 0.569. The van der Waals surface area contributed by atoms with Gasteiger partial charge in [0.2, 0.25) is 0 Å². The van der Waals surface area contributed by atoms with Crippen LogP contribution in [0.5, 0.6) is 0 Å². The summed E-state index contributed by atoms with van der Waals surface area (Å²) in [7, 11) is 0. The van der Waals surface area contributed by atoms with Crippen molar-refractivity contribution in [1.29, 1.82) is 0 Å². The van der Waals surface area contributed by atoms with Crippen LogP contribution in [-0.4, -0.2) is 12.6 Å². The van der Waals surface area contributed by atoms with Crippen LogP contribution >= 0.6 is 0 Å². The van der Waals surface area contributed by atoms with Crippen molar-refractivity contribution in [3.8, 4) is 0 Å². The summed E-state index contributed by atoms with van der Waals surface area (Å²) in [6, 6.07) is 0.194. The van der Waals surface area contributed by atoms with Crippen molar-refractivity contribution in [2.75, 3.05) is 6.54 Å². The molecule has 0 unspecified atom stereocenters. The Kier molecular flexibility index (Phi) is 3.83. The molecule has 0 saturated carbocycles. The molecule has 2 heteroatoms. The monoisotopic (exact) mass is 116 g/mol. The van der Waals surface area contributed by atoms with Gasteiger partial charge in [-0.3, -0.25) is 0 Å². The number of rotatable bonds is 3. The van der Waals surface area contributed by atoms with Crippen molar-refractivity contribution in [2.24, 2.45) is 17.4 Å². The van der Waals surface area contributed by atoms with E-state index in [0.29, 0.717) is 12.5 Å². The largest absolute Gasteiger partial charge is 0.329 e. The Morgan fingerprint density at radius 1 is 1.50 bits per heavy atom. The van der Waals surface area contributed by atoms with Crippen molar-refractivity contribution < 1.29 is 0 Å². The lowest BCUT2D eigenvalue weighted by Crippen LogP contribution is -2.35. The van der Waals surface area contributed by atoms with Crippen molar-refractivity contribution in [3.63, 3.8) is 0 Å². The predicted molar refractivity (Wildman–Crippen MR) is 36.5 cm³/mol. The normalized spacial score (nSPS) is 18.0. The molecule has 4 N–H and O–H groups in total. The van der Waals surface area contributed by atoms with E-state index in [0.717, 1.165) is 6.42 Å². The summed E-state index contributed by atoms with van der Waals surface area (Å²) in [5, 5.41) is 0. The molecule has 0 radical (unpaired) electrons. The quantitative estimate of drug-likeness (QED) is 0.558. The van der Waals surface area contributed by atoms with Gasteiger partial charge in [0.15, 0.2) is 0 Å². The van der Waals surface area contributed by atoms with Gasteiger partial charge in [-0.2, -0.15) is 0 Å². The molecule has 0 aromatic rings. The molecule has 2 atom stereocenters. The van der Waals surface area contributed by atoms with Crippen molar-refractivity contribution in [2.45, 2.75) is 26.3 Å². The highest BCUT2D eigenvalue weighted by Crippen LogP contribution is 2.02. The lowest BCUT2D eigenvalue weighted by Gasteiger charge is -2.14. The maximum Gasteiger partial charge on any atom is 0.0188 e. The molecule has 0 bridgehead atoms. The second kappa shape index (κ2) is 3.87. The standard InChI is InChI=1S/C6H16N2/c1-3-5(2)6(8)4-7/h5-6H,3-4,7-8H2,1-2H3/t5-,6+/m0/s1. The van der Waals surface area contributed by atoms with E-state index in [1.165, 1.54) is 0 Å². The van der Waals surface area contributed by atoms with Crippen LogP contribution in [0.2, 0.25) is 0 Å². The molecule has 0 aliphatic heterocycles. The molecule has 0 aliphatic rings. The minimum absolute atomic E-state index is 0.194. The molecule has 50 valence electrons. The summed E-state index contributed by atoms with van der Waals surface area (Å²) < 4.78 is 0. The van der Waals surface area contributed by atoms with Gasteiger partial charge in [0.25, 0.3) is 0 Å². The lowest BCUT2D eigenvalue weighted by molar-refractivity contribution is 0.449. The van der Waals surface area contributed by atoms with Crippen LogP contribution in [-0.2, 0) is 0 Å². The van der Waals surface area contributed by atoms with Crippen LogP contribution in [0.3, 0.4) is 0 Å². The van der Waals surface area contributed by atoms with Crippen LogP contribution < -0.4 is 11.5 Å². The summed E-state index contributed by atoms with van der Waals surface area (Å²) in [5.41, 5.74) is 10.9. The van der Waals surface area contributed by atoms with E-state index in [4.69, 9.17) is 11.5 Å². The third-order valence-electron chi connectivity index (χ3n) is 1.65. The fraction of sp³-hybridized carbons (Fsp3) is 1.00. The Labute approximate surface area is 51.2 Å². The van der Waals surface area contributed by atoms with Gasteiger partial charge in [-0.05, 0) is 5.92 Å². The van der Waals surface area contributed by atoms with Crippen LogP contribution in [0.25, 0.3) is 0 Å². The average molecular weight is 116 g/mol. The highest BCUT2D eigenvalue weighted by Gasteiger charge is 2.06. The summed E-state index contributed by atoms with van der Waals surface area (Å²) >= 11 is 0. The second-order valence-corrected chi connectivity index (χ2v) is 2.29. The van der Waals surface area contributed by atoms with Crippen molar-refractivity contribution >= 4 is 0 Å². The first-order valence-corrected chi connectivity index (χ1v) is 3.18. The van der Waals surface area contributed by atoms with E-state index in [-0.39, 0.29) is 6.04 Å². The maximum absolute atomic E-state index is 5.60. The molecular weight excluding hydrogens is 100 g/mol. The Morgan fingerprint density at radius 3 is 2.12 bits per heavy atom. The van der Waals surface area contributed by atoms with Gasteiger partial charge in [0, 0.05) is 12.6 Å². The van der Waals surface area contributed by atoms with E-state index >= 15 is 0 Å². The minimum Gasteiger partial charge on any atom is -0.329 e. The van der Waals surface area contributed by atoms with Gasteiger partial charge in [-0.25, -0.2) is 0 Å². The van der Waals surface area contributed by atoms with Crippen LogP contribution in [0.15, 0.2) is 0 Å². The second-order valence-electron chi connectivity index (χ2n) is 2.29. The fourth-order valence-electron chi connectivity index (χ4n) is 0.535. The minimum atomic E-state index is 0.194. The van der Waals surface area contributed by atoms with Gasteiger partial charge < -0.3 is 11.5 Å². The maximum atomic E-state index is 5.60. The lowest BCUT2D eigenvalue weighted by atomic mass is 10.0. The number of hydrogen-bond donors (Lipinski definition) is 2. The molecule has 0 heterocycles. The first-order chi connectivity index (χ1) is 3.72. The summed E-state index contributed by atoms with van der Waals surface area (Å²) in [6.45, 7) is 4.85. The van der Waals surface area contributed by atoms with E-state index in [9.17, 15) is 0 Å². The molecule has 0 saturated heterocycles. The zero-order chi connectivity index (χ0) is 6.57. The highest BCUT2D eigenvalue weighted by atomic mass is 14.7. The SMILES string of the molecule is CC[C@H](C)[C@H](N)CN. The topological polar surface area (TPSA) is 52.0 Å². The van der Waals surface area contributed by atoms with Crippen molar-refractivity contribution in [1.82, 2.24) is 0 Å². The zero-order valence-corrected chi connectivity index (χ0v) is 5.72. The molecule has 2 nitrogen and oxygen atoms in total. The Hall–Kier alpha value is -0.0800. The fourth-order valence-corrected chi connectivity index (χ4v) is 0.535. The molecule has 0 aromatic carbocycles. The zero-order valence-electron chi connectivity index (χ0n) is 5.72. The summed E-state index contributed by atoms with van der Waals surface area (Å²) in [4.78, 5) is 0. The highest BCUT2D eigenvalue weighted by molar-refractivity contribution is 4.67. The summed E-state index contributed by atoms with van der Waals surface area (Å²) in [6.07, 6.45) is 1.12. The van der Waals surface area contributed by atoms with E-state index in [1.807, 2.05) is 0 Å². The predicted octanol–water partition coefficient (Wildman–Crippen LogP) is 0.319. The molecule has 0 rings (SSSR count). The molecule has 0 amide bonds. The molecule has 0 aliphatic carbocycles. The Bertz CT molecular complexity index is 46.5. The van der Waals surface area contributed by atoms with Crippen LogP contribution in [0.1, 0.15) is 20.3 Å². The van der Waals surface area contributed by atoms with Crippen LogP contribution in [0, 0.1) is 5.92 Å². The van der Waals surface area contributed by atoms with Crippen LogP contribution in [0.4, 0.5) is 0 Å². The van der Waals surface area contributed by atoms with Gasteiger partial charge in [0.05, 0.1) is 0 Å². The molecule has 0 aromatic heterocycles. The van der Waals surface area contributed by atoms with Gasteiger partial charge >= 0.3 is 0 Å². The van der Waals surface area contributed by atoms with E-state index in [2.05, 4.69) is 13.8 Å². The smallest absolute Gasteiger partial charge is 0.0188 e. The first kappa shape index (κ1) is 7.92. The van der Waals surface area contributed by atoms with E-state index < -0.39 is 0 Å². The van der Waals surface area contributed by atoms with Crippen molar-refractivity contribution in [3.05, 3.63) is 0 Å². The third-order valence-corrected chi connectivity index (χ3v) is 1.65.